The van der Waals surface area contributed by atoms with Crippen LogP contribution in [0, 0.1) is 27.4 Å². The van der Waals surface area contributed by atoms with Crippen molar-refractivity contribution in [2.24, 2.45) is 0 Å². The summed E-state index contributed by atoms with van der Waals surface area (Å²) in [6.07, 6.45) is 0. The minimum Gasteiger partial charge on any atom is -0.456 e. The molecule has 0 saturated carbocycles. The Balaban J connectivity index is 1.38. The van der Waals surface area contributed by atoms with Crippen molar-refractivity contribution in [2.75, 3.05) is 0 Å². The van der Waals surface area contributed by atoms with Gasteiger partial charge >= 0.3 is 0 Å². The van der Waals surface area contributed by atoms with E-state index in [1.54, 1.807) is 6.07 Å². The van der Waals surface area contributed by atoms with Crippen LogP contribution in [0.4, 0.5) is 0 Å². The van der Waals surface area contributed by atoms with Crippen LogP contribution in [0.5, 0.6) is 11.5 Å². The molecule has 0 aliphatic carbocycles. The number of thiazole rings is 1. The van der Waals surface area contributed by atoms with Crippen molar-refractivity contribution in [3.05, 3.63) is 137 Å². The van der Waals surface area contributed by atoms with Crippen LogP contribution in [0.15, 0.2) is 103 Å². The monoisotopic (exact) mass is 659 g/mol. The summed E-state index contributed by atoms with van der Waals surface area (Å²) < 4.78 is 164. The Morgan fingerprint density at radius 2 is 1.46 bits per heavy atom. The van der Waals surface area contributed by atoms with Crippen molar-refractivity contribution in [3.63, 3.8) is 0 Å². The third-order valence-corrected chi connectivity index (χ3v) is 9.95. The van der Waals surface area contributed by atoms with Gasteiger partial charge in [-0.2, -0.15) is 0 Å². The van der Waals surface area contributed by atoms with Gasteiger partial charge in [0.05, 0.1) is 32.6 Å². The number of hydrogen-bond donors (Lipinski definition) is 0. The first-order chi connectivity index (χ1) is 30.5. The van der Waals surface area contributed by atoms with Crippen LogP contribution in [-0.2, 0) is 5.41 Å². The molecular formula is C43H35N3OS. The Hall–Kier alpha value is -5.26. The van der Waals surface area contributed by atoms with Crippen molar-refractivity contribution < 1.29 is 29.4 Å². The minimum absolute atomic E-state index is 0.0863. The number of fused-ring (bicyclic) bond motifs is 7. The summed E-state index contributed by atoms with van der Waals surface area (Å²) in [6.45, 7) is -18.2. The van der Waals surface area contributed by atoms with Crippen LogP contribution < -0.4 is 4.74 Å². The van der Waals surface area contributed by atoms with Crippen LogP contribution in [0.2, 0.25) is 0 Å². The molecule has 234 valence electrons. The lowest BCUT2D eigenvalue weighted by atomic mass is 9.74. The molecule has 5 aromatic carbocycles. The largest absolute Gasteiger partial charge is 0.456 e. The number of aryl methyl sites for hydroxylation is 4. The fourth-order valence-electron chi connectivity index (χ4n) is 6.59. The molecule has 0 fully saturated rings. The zero-order valence-corrected chi connectivity index (χ0v) is 25.8. The summed E-state index contributed by atoms with van der Waals surface area (Å²) >= 11 is 1.21. The number of pyridine rings is 1. The number of imidazole rings is 1. The van der Waals surface area contributed by atoms with E-state index >= 15 is 0 Å². The van der Waals surface area contributed by atoms with E-state index < -0.39 is 74.7 Å². The van der Waals surface area contributed by atoms with Crippen LogP contribution in [-0.4, -0.2) is 14.4 Å². The van der Waals surface area contributed by atoms with E-state index in [2.05, 4.69) is 0 Å². The smallest absolute Gasteiger partial charge is 0.195 e. The maximum atomic E-state index is 8.76. The fraction of sp³-hybridized carbons (Fsp3) is 0.163. The number of aromatic nitrogens is 3. The number of para-hydroxylation sites is 3. The second kappa shape index (κ2) is 10.4. The summed E-state index contributed by atoms with van der Waals surface area (Å²) in [5.41, 5.74) is -3.70. The molecule has 4 nitrogen and oxygen atoms in total. The summed E-state index contributed by atoms with van der Waals surface area (Å²) in [7, 11) is 0. The molecule has 5 heteroatoms. The first-order valence-corrected chi connectivity index (χ1v) is 15.8. The average Bonchev–Trinajstić information content (AvgIpc) is 3.75. The average molecular weight is 660 g/mol. The Morgan fingerprint density at radius 1 is 0.688 bits per heavy atom. The van der Waals surface area contributed by atoms with Crippen LogP contribution in [0.3, 0.4) is 0 Å². The molecule has 3 aromatic heterocycles. The molecule has 1 aliphatic heterocycles. The molecule has 0 amide bonds. The molecule has 9 rings (SSSR count). The van der Waals surface area contributed by atoms with Gasteiger partial charge in [0.25, 0.3) is 0 Å². The van der Waals surface area contributed by atoms with E-state index in [4.69, 9.17) is 39.4 Å². The van der Waals surface area contributed by atoms with E-state index in [0.29, 0.717) is 20.7 Å². The predicted octanol–water partition coefficient (Wildman–Crippen LogP) is 11.8. The Kier molecular flexibility index (Phi) is 3.40. The maximum absolute atomic E-state index is 8.76. The van der Waals surface area contributed by atoms with E-state index in [1.165, 1.54) is 65.9 Å². The minimum atomic E-state index is -3.29. The summed E-state index contributed by atoms with van der Waals surface area (Å²) in [4.78, 5) is 10.1. The number of hydrogen-bond acceptors (Lipinski definition) is 4. The normalized spacial score (nSPS) is 20.7. The highest BCUT2D eigenvalue weighted by molar-refractivity contribution is 7.24. The van der Waals surface area contributed by atoms with E-state index in [9.17, 15) is 0 Å². The Morgan fingerprint density at radius 3 is 2.33 bits per heavy atom. The maximum Gasteiger partial charge on any atom is 0.195 e. The van der Waals surface area contributed by atoms with Crippen LogP contribution >= 0.6 is 11.3 Å². The number of rotatable bonds is 3. The van der Waals surface area contributed by atoms with Gasteiger partial charge in [0.15, 0.2) is 4.96 Å². The van der Waals surface area contributed by atoms with Crippen molar-refractivity contribution in [1.82, 2.24) is 14.4 Å². The van der Waals surface area contributed by atoms with Gasteiger partial charge in [-0.15, -0.1) is 0 Å². The fourth-order valence-corrected chi connectivity index (χ4v) is 7.80. The lowest BCUT2D eigenvalue weighted by Crippen LogP contribution is -2.24. The zero-order valence-electron chi connectivity index (χ0n) is 43.0. The van der Waals surface area contributed by atoms with E-state index in [1.807, 2.05) is 28.7 Å². The van der Waals surface area contributed by atoms with Gasteiger partial charge in [0.1, 0.15) is 11.5 Å². The van der Waals surface area contributed by atoms with Gasteiger partial charge in [0, 0.05) is 57.9 Å². The molecule has 0 saturated heterocycles. The highest BCUT2D eigenvalue weighted by atomic mass is 32.1. The molecule has 8 aromatic rings. The quantitative estimate of drug-likeness (QED) is 0.189. The second-order valence-electron chi connectivity index (χ2n) is 11.7. The molecule has 0 atom stereocenters. The lowest BCUT2D eigenvalue weighted by Gasteiger charge is -2.35. The molecule has 0 radical (unpaired) electrons. The standard InChI is InChI=1S/C43H35N3OS/c1-24-15-19-28(37-25(2)18-22-35-41(37)48-42-45-32-12-8-9-13-34(32)46(35)42)23-29(24)39-27(4)17-21-33(44-39)38-26(3)16-20-31-40(38)47-36-14-10-7-11-30(36)43(31,5)6/h7-23H,1-6H3/i1D3,2D3,3D3,4D3,5D3,6D3. The Labute approximate surface area is 309 Å². The van der Waals surface area contributed by atoms with Crippen molar-refractivity contribution in [1.29, 1.82) is 0 Å². The number of benzene rings is 5. The number of ether oxygens (including phenoxy) is 1. The Bertz CT molecular complexity index is 3260. The van der Waals surface area contributed by atoms with Crippen LogP contribution in [0.25, 0.3) is 59.9 Å². The molecule has 0 N–H and O–H groups in total. The third kappa shape index (κ3) is 4.13. The van der Waals surface area contributed by atoms with Gasteiger partial charge in [-0.1, -0.05) is 91.8 Å². The second-order valence-corrected chi connectivity index (χ2v) is 12.7. The van der Waals surface area contributed by atoms with Crippen molar-refractivity contribution >= 4 is 37.5 Å². The lowest BCUT2D eigenvalue weighted by molar-refractivity contribution is 0.419. The SMILES string of the molecule is [2H]C([2H])([2H])c1ccc(-c2c(C([2H])([2H])[2H])ccc3c2sc2nc4ccccc4n23)cc1-c1nc(-c2c(C([2H])([2H])[2H])ccc3c2Oc2ccccc2C3(C([2H])([2H])[2H])C([2H])([2H])[2H])ccc1C([2H])([2H])[2H]. The molecule has 0 bridgehead atoms. The molecule has 1 aliphatic rings. The summed E-state index contributed by atoms with van der Waals surface area (Å²) in [5, 5.41) is 0. The van der Waals surface area contributed by atoms with Crippen molar-refractivity contribution in [2.45, 2.75) is 46.5 Å². The van der Waals surface area contributed by atoms with Gasteiger partial charge in [-0.25, -0.2) is 9.97 Å². The van der Waals surface area contributed by atoms with E-state index in [0.717, 1.165) is 23.7 Å². The van der Waals surface area contributed by atoms with Gasteiger partial charge in [-0.3, -0.25) is 4.40 Å². The van der Waals surface area contributed by atoms with Gasteiger partial charge in [0.2, 0.25) is 0 Å². The van der Waals surface area contributed by atoms with Gasteiger partial charge < -0.3 is 4.74 Å². The zero-order chi connectivity index (χ0) is 47.9. The predicted molar refractivity (Wildman–Crippen MR) is 200 cm³/mol. The van der Waals surface area contributed by atoms with Crippen LogP contribution in [0.1, 0.15) is 71.8 Å². The summed E-state index contributed by atoms with van der Waals surface area (Å²) in [5.74, 6) is -0.658. The highest BCUT2D eigenvalue weighted by Gasteiger charge is 2.36. The molecule has 0 unspecified atom stereocenters. The molecule has 4 heterocycles. The van der Waals surface area contributed by atoms with Gasteiger partial charge in [-0.05, 0) is 91.6 Å². The molecule has 48 heavy (non-hydrogen) atoms. The van der Waals surface area contributed by atoms with Crippen molar-refractivity contribution in [3.8, 4) is 45.1 Å². The number of nitrogens with zero attached hydrogens (tertiary/aromatic N) is 3. The third-order valence-electron chi connectivity index (χ3n) is 8.88. The first-order valence-electron chi connectivity index (χ1n) is 24.0. The summed E-state index contributed by atoms with van der Waals surface area (Å²) in [6, 6.07) is 24.6. The van der Waals surface area contributed by atoms with E-state index in [-0.39, 0.29) is 50.4 Å². The molecular weight excluding hydrogens is 607 g/mol. The topological polar surface area (TPSA) is 39.4 Å². The first kappa shape index (κ1) is 15.8. The molecule has 0 spiro atoms. The highest BCUT2D eigenvalue weighted by Crippen LogP contribution is 2.52.